The SMILES string of the molecule is Fc1ccc(CNc2ncc3nc(-c4ccccc4Cl)n(C[C@@H]4CCCNC4)c3n2)cc1. The summed E-state index contributed by atoms with van der Waals surface area (Å²) in [5.41, 5.74) is 3.35. The fraction of sp³-hybridized carbons (Fsp3) is 0.292. The van der Waals surface area contributed by atoms with Crippen molar-refractivity contribution in [2.75, 3.05) is 18.4 Å². The second kappa shape index (κ2) is 9.22. The number of nitrogens with one attached hydrogen (secondary N) is 2. The lowest BCUT2D eigenvalue weighted by Gasteiger charge is -2.24. The Morgan fingerprint density at radius 3 is 2.75 bits per heavy atom. The molecule has 0 aliphatic carbocycles. The van der Waals surface area contributed by atoms with E-state index in [1.807, 2.05) is 24.3 Å². The van der Waals surface area contributed by atoms with E-state index < -0.39 is 0 Å². The van der Waals surface area contributed by atoms with Gasteiger partial charge >= 0.3 is 0 Å². The predicted octanol–water partition coefficient (Wildman–Crippen LogP) is 4.90. The summed E-state index contributed by atoms with van der Waals surface area (Å²) in [6.07, 6.45) is 4.07. The normalized spacial score (nSPS) is 16.4. The van der Waals surface area contributed by atoms with Crippen molar-refractivity contribution in [2.24, 2.45) is 5.92 Å². The highest BCUT2D eigenvalue weighted by molar-refractivity contribution is 6.33. The maximum absolute atomic E-state index is 13.2. The number of nitrogens with zero attached hydrogens (tertiary/aromatic N) is 4. The van der Waals surface area contributed by atoms with Crippen molar-refractivity contribution in [3.05, 3.63) is 71.1 Å². The maximum Gasteiger partial charge on any atom is 0.225 e. The number of benzene rings is 2. The van der Waals surface area contributed by atoms with Gasteiger partial charge in [0.25, 0.3) is 0 Å². The number of aromatic nitrogens is 4. The molecule has 164 valence electrons. The minimum absolute atomic E-state index is 0.250. The number of imidazole rings is 1. The lowest BCUT2D eigenvalue weighted by atomic mass is 9.99. The number of fused-ring (bicyclic) bond motifs is 1. The molecule has 4 aromatic rings. The van der Waals surface area contributed by atoms with Crippen LogP contribution < -0.4 is 10.6 Å². The molecular formula is C24H24ClFN6. The quantitative estimate of drug-likeness (QED) is 0.437. The maximum atomic E-state index is 13.2. The first-order valence-corrected chi connectivity index (χ1v) is 11.2. The molecule has 0 radical (unpaired) electrons. The van der Waals surface area contributed by atoms with Crippen LogP contribution in [0.4, 0.5) is 10.3 Å². The zero-order valence-electron chi connectivity index (χ0n) is 17.6. The Labute approximate surface area is 190 Å². The van der Waals surface area contributed by atoms with Crippen molar-refractivity contribution in [3.8, 4) is 11.4 Å². The largest absolute Gasteiger partial charge is 0.350 e. The van der Waals surface area contributed by atoms with Crippen molar-refractivity contribution < 1.29 is 4.39 Å². The molecule has 2 aromatic carbocycles. The minimum atomic E-state index is -0.250. The van der Waals surface area contributed by atoms with Crippen LogP contribution in [0.1, 0.15) is 18.4 Å². The van der Waals surface area contributed by atoms with Crippen molar-refractivity contribution in [3.63, 3.8) is 0 Å². The summed E-state index contributed by atoms with van der Waals surface area (Å²) in [5, 5.41) is 7.39. The first-order valence-electron chi connectivity index (χ1n) is 10.8. The summed E-state index contributed by atoms with van der Waals surface area (Å²) >= 11 is 6.52. The fourth-order valence-electron chi connectivity index (χ4n) is 4.15. The van der Waals surface area contributed by atoms with E-state index in [9.17, 15) is 4.39 Å². The lowest BCUT2D eigenvalue weighted by molar-refractivity contribution is 0.341. The van der Waals surface area contributed by atoms with Gasteiger partial charge in [0.05, 0.1) is 11.2 Å². The van der Waals surface area contributed by atoms with E-state index in [1.54, 1.807) is 18.3 Å². The van der Waals surface area contributed by atoms with Crippen LogP contribution in [0, 0.1) is 11.7 Å². The van der Waals surface area contributed by atoms with Gasteiger partial charge in [0.2, 0.25) is 5.95 Å². The van der Waals surface area contributed by atoms with Crippen LogP contribution in [0.15, 0.2) is 54.7 Å². The summed E-state index contributed by atoms with van der Waals surface area (Å²) in [7, 11) is 0. The first-order chi connectivity index (χ1) is 15.7. The van der Waals surface area contributed by atoms with Gasteiger partial charge in [0.1, 0.15) is 17.2 Å². The highest BCUT2D eigenvalue weighted by Gasteiger charge is 2.21. The average molecular weight is 451 g/mol. The third kappa shape index (κ3) is 4.45. The van der Waals surface area contributed by atoms with Crippen LogP contribution in [-0.4, -0.2) is 32.6 Å². The molecule has 1 atom stereocenters. The molecule has 1 fully saturated rings. The number of rotatable bonds is 6. The standard InChI is InChI=1S/C24H24ClFN6/c25-20-6-2-1-5-19(20)22-30-21-14-29-24(28-13-16-7-9-18(26)10-8-16)31-23(21)32(22)15-17-4-3-11-27-12-17/h1-2,5-10,14,17,27H,3-4,11-13,15H2,(H,28,29,31)/t17-/m1/s1. The Balaban J connectivity index is 1.50. The van der Waals surface area contributed by atoms with Crippen LogP contribution in [0.3, 0.4) is 0 Å². The van der Waals surface area contributed by atoms with Crippen LogP contribution in [0.2, 0.25) is 5.02 Å². The van der Waals surface area contributed by atoms with E-state index >= 15 is 0 Å². The molecule has 0 bridgehead atoms. The van der Waals surface area contributed by atoms with Gasteiger partial charge in [-0.3, -0.25) is 0 Å². The van der Waals surface area contributed by atoms with Crippen LogP contribution >= 0.6 is 11.6 Å². The lowest BCUT2D eigenvalue weighted by Crippen LogP contribution is -2.32. The van der Waals surface area contributed by atoms with Gasteiger partial charge < -0.3 is 15.2 Å². The molecule has 2 N–H and O–H groups in total. The van der Waals surface area contributed by atoms with Gasteiger partial charge in [0.15, 0.2) is 5.65 Å². The molecule has 0 spiro atoms. The van der Waals surface area contributed by atoms with E-state index in [4.69, 9.17) is 21.6 Å². The topological polar surface area (TPSA) is 67.7 Å². The van der Waals surface area contributed by atoms with Crippen LogP contribution in [0.5, 0.6) is 0 Å². The van der Waals surface area contributed by atoms with E-state index in [0.717, 1.165) is 60.6 Å². The highest BCUT2D eigenvalue weighted by Crippen LogP contribution is 2.31. The summed E-state index contributed by atoms with van der Waals surface area (Å²) < 4.78 is 15.3. The predicted molar refractivity (Wildman–Crippen MR) is 125 cm³/mol. The van der Waals surface area contributed by atoms with Crippen LogP contribution in [0.25, 0.3) is 22.6 Å². The number of anilines is 1. The van der Waals surface area contributed by atoms with Gasteiger partial charge in [-0.2, -0.15) is 4.98 Å². The Bertz CT molecular complexity index is 1220. The second-order valence-corrected chi connectivity index (χ2v) is 8.53. The van der Waals surface area contributed by atoms with E-state index in [1.165, 1.54) is 12.1 Å². The van der Waals surface area contributed by atoms with E-state index in [0.29, 0.717) is 23.4 Å². The molecule has 8 heteroatoms. The van der Waals surface area contributed by atoms with Gasteiger partial charge in [-0.05, 0) is 61.7 Å². The summed E-state index contributed by atoms with van der Waals surface area (Å²) in [6.45, 7) is 3.35. The van der Waals surface area contributed by atoms with E-state index in [-0.39, 0.29) is 5.82 Å². The highest BCUT2D eigenvalue weighted by atomic mass is 35.5. The zero-order chi connectivity index (χ0) is 21.9. The molecule has 5 rings (SSSR count). The number of piperidine rings is 1. The van der Waals surface area contributed by atoms with Crippen molar-refractivity contribution >= 4 is 28.7 Å². The summed E-state index contributed by atoms with van der Waals surface area (Å²) in [5.74, 6) is 1.56. The molecule has 0 saturated carbocycles. The van der Waals surface area contributed by atoms with Crippen molar-refractivity contribution in [1.82, 2.24) is 24.8 Å². The van der Waals surface area contributed by atoms with Crippen molar-refractivity contribution in [2.45, 2.75) is 25.9 Å². The molecule has 6 nitrogen and oxygen atoms in total. The zero-order valence-corrected chi connectivity index (χ0v) is 18.3. The van der Waals surface area contributed by atoms with Crippen LogP contribution in [-0.2, 0) is 13.1 Å². The fourth-order valence-corrected chi connectivity index (χ4v) is 4.37. The third-order valence-corrected chi connectivity index (χ3v) is 6.14. The van der Waals surface area contributed by atoms with Crippen molar-refractivity contribution in [1.29, 1.82) is 0 Å². The monoisotopic (exact) mass is 450 g/mol. The first kappa shape index (κ1) is 20.8. The van der Waals surface area contributed by atoms with E-state index in [2.05, 4.69) is 20.2 Å². The molecule has 0 amide bonds. The molecule has 1 aliphatic heterocycles. The molecule has 32 heavy (non-hydrogen) atoms. The third-order valence-electron chi connectivity index (χ3n) is 5.81. The van der Waals surface area contributed by atoms with Gasteiger partial charge in [-0.15, -0.1) is 0 Å². The van der Waals surface area contributed by atoms with Gasteiger partial charge in [0, 0.05) is 18.7 Å². The number of halogens is 2. The molecule has 2 aromatic heterocycles. The summed E-state index contributed by atoms with van der Waals surface area (Å²) in [4.78, 5) is 14.1. The Kier molecular flexibility index (Phi) is 6.01. The average Bonchev–Trinajstić information content (AvgIpc) is 3.17. The number of hydrogen-bond donors (Lipinski definition) is 2. The minimum Gasteiger partial charge on any atom is -0.350 e. The molecule has 0 unspecified atom stereocenters. The number of hydrogen-bond acceptors (Lipinski definition) is 5. The molecule has 1 saturated heterocycles. The summed E-state index contributed by atoms with van der Waals surface area (Å²) in [6, 6.07) is 14.1. The second-order valence-electron chi connectivity index (χ2n) is 8.12. The molecule has 1 aliphatic rings. The Morgan fingerprint density at radius 2 is 1.97 bits per heavy atom. The van der Waals surface area contributed by atoms with Gasteiger partial charge in [-0.1, -0.05) is 35.9 Å². The Morgan fingerprint density at radius 1 is 1.12 bits per heavy atom. The molecule has 3 heterocycles. The van der Waals surface area contributed by atoms with Gasteiger partial charge in [-0.25, -0.2) is 14.4 Å². The molecular weight excluding hydrogens is 427 g/mol. The smallest absolute Gasteiger partial charge is 0.225 e. The Hall–Kier alpha value is -3.03.